The molecule has 2 aliphatic heterocycles. The van der Waals surface area contributed by atoms with Gasteiger partial charge in [0.25, 0.3) is 0 Å². The topological polar surface area (TPSA) is 49.9 Å². The predicted molar refractivity (Wildman–Crippen MR) is 108 cm³/mol. The maximum Gasteiger partial charge on any atom is 0.232 e. The second-order valence-corrected chi connectivity index (χ2v) is 9.04. The molecule has 4 rings (SSSR count). The predicted octanol–water partition coefficient (Wildman–Crippen LogP) is 2.74. The molecule has 5 nitrogen and oxygen atoms in total. The molecule has 0 N–H and O–H groups in total. The maximum absolute atomic E-state index is 13.7. The summed E-state index contributed by atoms with van der Waals surface area (Å²) in [6, 6.07) is 10.2. The van der Waals surface area contributed by atoms with Crippen molar-refractivity contribution in [1.29, 1.82) is 0 Å². The Labute approximate surface area is 168 Å². The normalized spacial score (nSPS) is 25.9. The van der Waals surface area contributed by atoms with Crippen LogP contribution >= 0.6 is 0 Å². The minimum atomic E-state index is -0.463. The van der Waals surface area contributed by atoms with Crippen molar-refractivity contribution in [2.75, 3.05) is 39.9 Å². The van der Waals surface area contributed by atoms with Crippen molar-refractivity contribution in [3.8, 4) is 0 Å². The molecule has 5 heteroatoms. The Kier molecular flexibility index (Phi) is 5.72. The van der Waals surface area contributed by atoms with Crippen LogP contribution in [0.1, 0.15) is 37.7 Å². The highest BCUT2D eigenvalue weighted by atomic mass is 16.5. The van der Waals surface area contributed by atoms with Crippen molar-refractivity contribution in [2.24, 2.45) is 17.3 Å². The molecule has 28 heavy (non-hydrogen) atoms. The second kappa shape index (κ2) is 8.24. The quantitative estimate of drug-likeness (QED) is 0.758. The number of hydrogen-bond donors (Lipinski definition) is 0. The molecule has 0 aromatic heterocycles. The maximum atomic E-state index is 13.7. The van der Waals surface area contributed by atoms with E-state index in [0.29, 0.717) is 44.4 Å². The van der Waals surface area contributed by atoms with E-state index in [9.17, 15) is 9.59 Å². The number of hydrogen-bond acceptors (Lipinski definition) is 3. The monoisotopic (exact) mass is 384 g/mol. The van der Waals surface area contributed by atoms with E-state index < -0.39 is 5.41 Å². The van der Waals surface area contributed by atoms with Crippen molar-refractivity contribution >= 4 is 11.8 Å². The molecule has 0 radical (unpaired) electrons. The Bertz CT molecular complexity index is 687. The van der Waals surface area contributed by atoms with Crippen LogP contribution in [0.4, 0.5) is 0 Å². The van der Waals surface area contributed by atoms with Gasteiger partial charge in [0.05, 0.1) is 18.4 Å². The number of benzene rings is 1. The van der Waals surface area contributed by atoms with E-state index >= 15 is 0 Å². The van der Waals surface area contributed by atoms with Gasteiger partial charge >= 0.3 is 0 Å². The zero-order valence-electron chi connectivity index (χ0n) is 16.9. The van der Waals surface area contributed by atoms with Gasteiger partial charge in [0.2, 0.25) is 11.8 Å². The molecule has 1 saturated carbocycles. The summed E-state index contributed by atoms with van der Waals surface area (Å²) in [5.74, 6) is 1.70. The average Bonchev–Trinajstić information content (AvgIpc) is 2.68. The highest BCUT2D eigenvalue weighted by Crippen LogP contribution is 2.40. The smallest absolute Gasteiger partial charge is 0.232 e. The molecular formula is C23H32N2O3. The van der Waals surface area contributed by atoms with Crippen LogP contribution in [0, 0.1) is 17.3 Å². The zero-order valence-corrected chi connectivity index (χ0v) is 16.9. The van der Waals surface area contributed by atoms with E-state index in [1.807, 2.05) is 23.1 Å². The fraction of sp³-hybridized carbons (Fsp3) is 0.652. The van der Waals surface area contributed by atoms with Crippen LogP contribution in [0.25, 0.3) is 0 Å². The van der Waals surface area contributed by atoms with Crippen molar-refractivity contribution < 1.29 is 14.3 Å². The van der Waals surface area contributed by atoms with Crippen LogP contribution in [0.3, 0.4) is 0 Å². The van der Waals surface area contributed by atoms with Crippen LogP contribution in [0.15, 0.2) is 30.3 Å². The van der Waals surface area contributed by atoms with Crippen molar-refractivity contribution in [1.82, 2.24) is 9.80 Å². The van der Waals surface area contributed by atoms with Crippen molar-refractivity contribution in [3.05, 3.63) is 35.9 Å². The molecule has 2 saturated heterocycles. The van der Waals surface area contributed by atoms with Crippen molar-refractivity contribution in [2.45, 2.75) is 38.5 Å². The van der Waals surface area contributed by atoms with Crippen LogP contribution in [0.2, 0.25) is 0 Å². The molecule has 2 bridgehead atoms. The van der Waals surface area contributed by atoms with Gasteiger partial charge in [-0.05, 0) is 43.1 Å². The van der Waals surface area contributed by atoms with Gasteiger partial charge in [0.15, 0.2) is 0 Å². The first-order chi connectivity index (χ1) is 13.6. The van der Waals surface area contributed by atoms with Crippen LogP contribution < -0.4 is 0 Å². The third-order valence-electron chi connectivity index (χ3n) is 6.83. The second-order valence-electron chi connectivity index (χ2n) is 9.04. The van der Waals surface area contributed by atoms with E-state index in [2.05, 4.69) is 17.0 Å². The Balaban J connectivity index is 1.49. The Morgan fingerprint density at radius 2 is 1.75 bits per heavy atom. The Morgan fingerprint density at radius 3 is 2.39 bits per heavy atom. The molecule has 1 aromatic rings. The first-order valence-electron chi connectivity index (χ1n) is 10.7. The molecule has 0 unspecified atom stereocenters. The van der Waals surface area contributed by atoms with Crippen molar-refractivity contribution in [3.63, 3.8) is 0 Å². The number of piperidine rings is 1. The number of fused-ring (bicyclic) bond motifs is 2. The van der Waals surface area contributed by atoms with E-state index in [1.165, 1.54) is 31.2 Å². The van der Waals surface area contributed by atoms with Gasteiger partial charge in [0, 0.05) is 33.3 Å². The minimum absolute atomic E-state index is 0.0915. The molecule has 0 spiro atoms. The van der Waals surface area contributed by atoms with Gasteiger partial charge in [-0.25, -0.2) is 0 Å². The van der Waals surface area contributed by atoms with Crippen LogP contribution in [0.5, 0.6) is 0 Å². The first-order valence-corrected chi connectivity index (χ1v) is 10.7. The summed E-state index contributed by atoms with van der Waals surface area (Å²) in [7, 11) is 1.61. The summed E-state index contributed by atoms with van der Waals surface area (Å²) in [6.45, 7) is 3.32. The van der Waals surface area contributed by atoms with Crippen LogP contribution in [-0.2, 0) is 20.7 Å². The number of amides is 2. The largest absolute Gasteiger partial charge is 0.384 e. The molecule has 3 aliphatic rings. The number of rotatable bonds is 6. The number of nitrogens with zero attached hydrogens (tertiary/aromatic N) is 2. The molecule has 152 valence electrons. The lowest BCUT2D eigenvalue weighted by atomic mass is 9.71. The lowest BCUT2D eigenvalue weighted by Gasteiger charge is -2.53. The molecule has 3 fully saturated rings. The van der Waals surface area contributed by atoms with E-state index in [1.54, 1.807) is 7.11 Å². The summed E-state index contributed by atoms with van der Waals surface area (Å²) in [4.78, 5) is 30.1. The standard InChI is InChI=1S/C23H32N2O3/c1-28-11-10-21(26)25-16-23(17-25,13-18-6-3-2-4-7-18)22(27)24-14-19-8-5-9-20(12-19)15-24/h2-4,6-7,19-20H,5,8-17H2,1H3/t19-,20+. The molecule has 2 amide bonds. The lowest BCUT2D eigenvalue weighted by molar-refractivity contribution is -0.163. The average molecular weight is 385 g/mol. The summed E-state index contributed by atoms with van der Waals surface area (Å²) in [6.07, 6.45) is 6.22. The summed E-state index contributed by atoms with van der Waals surface area (Å²) < 4.78 is 5.04. The van der Waals surface area contributed by atoms with Crippen LogP contribution in [-0.4, -0.2) is 61.5 Å². The SMILES string of the molecule is COCCC(=O)N1CC(Cc2ccccc2)(C(=O)N2C[C@@H]3CCC[C@@H](C3)C2)C1. The fourth-order valence-corrected chi connectivity index (χ4v) is 5.45. The van der Waals surface area contributed by atoms with E-state index in [4.69, 9.17) is 4.74 Å². The number of likely N-dealkylation sites (tertiary alicyclic amines) is 2. The zero-order chi connectivity index (χ0) is 19.6. The minimum Gasteiger partial charge on any atom is -0.384 e. The van der Waals surface area contributed by atoms with Gasteiger partial charge in [-0.2, -0.15) is 0 Å². The number of methoxy groups -OCH3 is 1. The number of carbonyl (C=O) groups is 2. The molecule has 2 heterocycles. The van der Waals surface area contributed by atoms with Gasteiger partial charge in [-0.15, -0.1) is 0 Å². The fourth-order valence-electron chi connectivity index (χ4n) is 5.45. The van der Waals surface area contributed by atoms with Gasteiger partial charge < -0.3 is 14.5 Å². The Morgan fingerprint density at radius 1 is 1.07 bits per heavy atom. The third-order valence-corrected chi connectivity index (χ3v) is 6.83. The Hall–Kier alpha value is -1.88. The third kappa shape index (κ3) is 3.95. The molecular weight excluding hydrogens is 352 g/mol. The summed E-state index contributed by atoms with van der Waals surface area (Å²) >= 11 is 0. The van der Waals surface area contributed by atoms with Gasteiger partial charge in [-0.3, -0.25) is 9.59 Å². The highest BCUT2D eigenvalue weighted by molar-refractivity contribution is 5.88. The lowest BCUT2D eigenvalue weighted by Crippen LogP contribution is -2.67. The highest BCUT2D eigenvalue weighted by Gasteiger charge is 2.53. The molecule has 2 atom stereocenters. The van der Waals surface area contributed by atoms with Gasteiger partial charge in [0.1, 0.15) is 0 Å². The van der Waals surface area contributed by atoms with E-state index in [0.717, 1.165) is 13.1 Å². The van der Waals surface area contributed by atoms with Gasteiger partial charge in [-0.1, -0.05) is 36.8 Å². The number of ether oxygens (including phenoxy) is 1. The number of carbonyl (C=O) groups excluding carboxylic acids is 2. The summed E-state index contributed by atoms with van der Waals surface area (Å²) in [5, 5.41) is 0. The first kappa shape index (κ1) is 19.4. The van der Waals surface area contributed by atoms with E-state index in [-0.39, 0.29) is 11.8 Å². The summed E-state index contributed by atoms with van der Waals surface area (Å²) in [5.41, 5.74) is 0.715. The molecule has 1 aromatic carbocycles. The molecule has 1 aliphatic carbocycles.